The second kappa shape index (κ2) is 11.2. The number of nitrogens with zero attached hydrogens (tertiary/aromatic N) is 3. The van der Waals surface area contributed by atoms with Gasteiger partial charge in [0.1, 0.15) is 28.6 Å². The lowest BCUT2D eigenvalue weighted by molar-refractivity contribution is -0.112. The number of nitrogens with one attached hydrogen (secondary N) is 1. The standard InChI is InChI=1S/C29H24N4O5/c1-4-37-29(36)20-10-12-22(13-11-20)31-26(34)21(17-30)16-24-27(38-23-9-5-7-18(2)15-23)32-25-19(3)8-6-14-33(25)28(24)35/h5-16H,4H2,1-3H3,(H,31,34)/b21-16-. The number of anilines is 1. The highest BCUT2D eigenvalue weighted by molar-refractivity contribution is 6.10. The number of esters is 1. The maximum absolute atomic E-state index is 13.5. The number of aromatic nitrogens is 2. The van der Waals surface area contributed by atoms with Crippen LogP contribution in [0, 0.1) is 25.2 Å². The smallest absolute Gasteiger partial charge is 0.338 e. The molecule has 0 saturated heterocycles. The number of benzene rings is 2. The predicted octanol–water partition coefficient (Wildman–Crippen LogP) is 4.83. The van der Waals surface area contributed by atoms with Crippen LogP contribution in [0.1, 0.15) is 34.0 Å². The van der Waals surface area contributed by atoms with E-state index in [-0.39, 0.29) is 23.6 Å². The summed E-state index contributed by atoms with van der Waals surface area (Å²) in [5.41, 5.74) is 1.87. The first-order valence-corrected chi connectivity index (χ1v) is 11.8. The monoisotopic (exact) mass is 508 g/mol. The molecule has 0 bridgehead atoms. The molecule has 0 radical (unpaired) electrons. The average molecular weight is 509 g/mol. The molecule has 2 aromatic carbocycles. The number of amides is 1. The van der Waals surface area contributed by atoms with Gasteiger partial charge in [0.25, 0.3) is 11.5 Å². The third-order valence-electron chi connectivity index (χ3n) is 5.56. The number of carbonyl (C=O) groups excluding carboxylic acids is 2. The van der Waals surface area contributed by atoms with Gasteiger partial charge in [0, 0.05) is 11.9 Å². The van der Waals surface area contributed by atoms with Crippen LogP contribution in [-0.2, 0) is 9.53 Å². The van der Waals surface area contributed by atoms with Gasteiger partial charge in [0.2, 0.25) is 5.88 Å². The zero-order valence-electron chi connectivity index (χ0n) is 21.0. The summed E-state index contributed by atoms with van der Waals surface area (Å²) in [7, 11) is 0. The van der Waals surface area contributed by atoms with E-state index >= 15 is 0 Å². The lowest BCUT2D eigenvalue weighted by Crippen LogP contribution is -2.20. The molecule has 0 unspecified atom stereocenters. The van der Waals surface area contributed by atoms with Crippen molar-refractivity contribution < 1.29 is 19.1 Å². The fourth-order valence-corrected chi connectivity index (χ4v) is 3.68. The van der Waals surface area contributed by atoms with Gasteiger partial charge < -0.3 is 14.8 Å². The van der Waals surface area contributed by atoms with Crippen LogP contribution >= 0.6 is 0 Å². The average Bonchev–Trinajstić information content (AvgIpc) is 2.90. The predicted molar refractivity (Wildman–Crippen MR) is 142 cm³/mol. The third-order valence-corrected chi connectivity index (χ3v) is 5.56. The second-order valence-electron chi connectivity index (χ2n) is 8.36. The Morgan fingerprint density at radius 2 is 1.87 bits per heavy atom. The van der Waals surface area contributed by atoms with Crippen LogP contribution in [0.4, 0.5) is 5.69 Å². The highest BCUT2D eigenvalue weighted by atomic mass is 16.5. The molecular formula is C29H24N4O5. The molecule has 1 N–H and O–H groups in total. The molecule has 38 heavy (non-hydrogen) atoms. The molecule has 0 aliphatic heterocycles. The normalized spacial score (nSPS) is 11.1. The van der Waals surface area contributed by atoms with Crippen molar-refractivity contribution in [3.8, 4) is 17.7 Å². The van der Waals surface area contributed by atoms with E-state index in [2.05, 4.69) is 10.3 Å². The van der Waals surface area contributed by atoms with Crippen LogP contribution < -0.4 is 15.6 Å². The van der Waals surface area contributed by atoms with Crippen LogP contribution in [0.3, 0.4) is 0 Å². The highest BCUT2D eigenvalue weighted by Crippen LogP contribution is 2.25. The van der Waals surface area contributed by atoms with Gasteiger partial charge in [-0.2, -0.15) is 10.2 Å². The Kier molecular flexibility index (Phi) is 7.63. The Labute approximate surface area is 218 Å². The minimum absolute atomic E-state index is 0.0331. The Hall–Kier alpha value is -5.23. The van der Waals surface area contributed by atoms with Gasteiger partial charge in [0.15, 0.2) is 0 Å². The molecule has 9 nitrogen and oxygen atoms in total. The van der Waals surface area contributed by atoms with Crippen molar-refractivity contribution in [2.24, 2.45) is 0 Å². The van der Waals surface area contributed by atoms with Gasteiger partial charge in [-0.3, -0.25) is 14.0 Å². The second-order valence-corrected chi connectivity index (χ2v) is 8.36. The third kappa shape index (κ3) is 5.60. The van der Waals surface area contributed by atoms with Crippen LogP contribution in [-0.4, -0.2) is 27.9 Å². The fraction of sp³-hybridized carbons (Fsp3) is 0.138. The first-order chi connectivity index (χ1) is 18.3. The molecule has 1 amide bonds. The van der Waals surface area contributed by atoms with E-state index in [1.165, 1.54) is 28.7 Å². The molecular weight excluding hydrogens is 484 g/mol. The van der Waals surface area contributed by atoms with Crippen molar-refractivity contribution in [1.82, 2.24) is 9.38 Å². The van der Waals surface area contributed by atoms with E-state index in [0.29, 0.717) is 22.6 Å². The van der Waals surface area contributed by atoms with Crippen LogP contribution in [0.25, 0.3) is 11.7 Å². The minimum atomic E-state index is -0.744. The zero-order chi connectivity index (χ0) is 27.2. The molecule has 0 atom stereocenters. The van der Waals surface area contributed by atoms with Gasteiger partial charge in [0.05, 0.1) is 12.2 Å². The zero-order valence-corrected chi connectivity index (χ0v) is 21.0. The van der Waals surface area contributed by atoms with Gasteiger partial charge in [-0.1, -0.05) is 18.2 Å². The van der Waals surface area contributed by atoms with Crippen LogP contribution in [0.5, 0.6) is 11.6 Å². The maximum Gasteiger partial charge on any atom is 0.338 e. The quantitative estimate of drug-likeness (QED) is 0.216. The molecule has 0 spiro atoms. The van der Waals surface area contributed by atoms with Gasteiger partial charge in [-0.05, 0) is 80.4 Å². The van der Waals surface area contributed by atoms with Gasteiger partial charge in [-0.25, -0.2) is 4.79 Å². The number of fused-ring (bicyclic) bond motifs is 1. The van der Waals surface area contributed by atoms with Crippen molar-refractivity contribution in [3.05, 3.63) is 105 Å². The Bertz CT molecular complexity index is 1660. The topological polar surface area (TPSA) is 123 Å². The number of pyridine rings is 1. The Morgan fingerprint density at radius 1 is 1.11 bits per heavy atom. The molecule has 2 aromatic heterocycles. The molecule has 4 aromatic rings. The van der Waals surface area contributed by atoms with Crippen LogP contribution in [0.2, 0.25) is 0 Å². The summed E-state index contributed by atoms with van der Waals surface area (Å²) in [5, 5.41) is 12.4. The Balaban J connectivity index is 1.73. The molecule has 190 valence electrons. The van der Waals surface area contributed by atoms with Gasteiger partial charge in [-0.15, -0.1) is 0 Å². The maximum atomic E-state index is 13.5. The van der Waals surface area contributed by atoms with Crippen molar-refractivity contribution in [3.63, 3.8) is 0 Å². The van der Waals surface area contributed by atoms with E-state index in [0.717, 1.165) is 17.2 Å². The molecule has 0 saturated carbocycles. The van der Waals surface area contributed by atoms with E-state index in [9.17, 15) is 19.6 Å². The first-order valence-electron chi connectivity index (χ1n) is 11.8. The number of nitriles is 1. The van der Waals surface area contributed by atoms with E-state index in [4.69, 9.17) is 9.47 Å². The van der Waals surface area contributed by atoms with Crippen molar-refractivity contribution >= 4 is 29.3 Å². The van der Waals surface area contributed by atoms with Gasteiger partial charge >= 0.3 is 5.97 Å². The molecule has 0 aliphatic carbocycles. The van der Waals surface area contributed by atoms with E-state index in [1.807, 2.05) is 32.0 Å². The first kappa shape index (κ1) is 25.9. The van der Waals surface area contributed by atoms with E-state index in [1.54, 1.807) is 37.4 Å². The van der Waals surface area contributed by atoms with Crippen molar-refractivity contribution in [2.75, 3.05) is 11.9 Å². The molecule has 2 heterocycles. The number of aryl methyl sites for hydroxylation is 2. The number of ether oxygens (including phenoxy) is 2. The largest absolute Gasteiger partial charge is 0.462 e. The molecule has 9 heteroatoms. The minimum Gasteiger partial charge on any atom is -0.462 e. The summed E-state index contributed by atoms with van der Waals surface area (Å²) < 4.78 is 12.3. The number of hydrogen-bond donors (Lipinski definition) is 1. The van der Waals surface area contributed by atoms with Crippen molar-refractivity contribution in [2.45, 2.75) is 20.8 Å². The lowest BCUT2D eigenvalue weighted by atomic mass is 10.1. The molecule has 0 fully saturated rings. The summed E-state index contributed by atoms with van der Waals surface area (Å²) in [6.45, 7) is 5.66. The van der Waals surface area contributed by atoms with Crippen molar-refractivity contribution in [1.29, 1.82) is 5.26 Å². The summed E-state index contributed by atoms with van der Waals surface area (Å²) >= 11 is 0. The van der Waals surface area contributed by atoms with Crippen LogP contribution in [0.15, 0.2) is 77.2 Å². The fourth-order valence-electron chi connectivity index (χ4n) is 3.68. The number of hydrogen-bond acceptors (Lipinski definition) is 7. The highest BCUT2D eigenvalue weighted by Gasteiger charge is 2.18. The van der Waals surface area contributed by atoms with E-state index < -0.39 is 17.4 Å². The summed E-state index contributed by atoms with van der Waals surface area (Å²) in [6.07, 6.45) is 2.72. The number of carbonyl (C=O) groups is 2. The molecule has 4 rings (SSSR count). The Morgan fingerprint density at radius 3 is 2.55 bits per heavy atom. The summed E-state index contributed by atoms with van der Waals surface area (Å²) in [6, 6.07) is 18.6. The number of rotatable bonds is 7. The summed E-state index contributed by atoms with van der Waals surface area (Å²) in [5.74, 6) is -0.807. The SMILES string of the molecule is CCOC(=O)c1ccc(NC(=O)/C(C#N)=C\c2c(Oc3cccc(C)c3)nc3c(C)cccn3c2=O)cc1. The lowest BCUT2D eigenvalue weighted by Gasteiger charge is -2.12. The molecule has 0 aliphatic rings. The summed E-state index contributed by atoms with van der Waals surface area (Å²) in [4.78, 5) is 42.8.